The van der Waals surface area contributed by atoms with Gasteiger partial charge in [0, 0.05) is 19.1 Å². The van der Waals surface area contributed by atoms with Gasteiger partial charge in [-0.1, -0.05) is 37.3 Å². The summed E-state index contributed by atoms with van der Waals surface area (Å²) in [6.45, 7) is 11.3. The third kappa shape index (κ3) is 6.65. The lowest BCUT2D eigenvalue weighted by atomic mass is 10.1. The van der Waals surface area contributed by atoms with Crippen molar-refractivity contribution in [2.45, 2.75) is 65.8 Å². The van der Waals surface area contributed by atoms with Gasteiger partial charge in [-0.15, -0.1) is 0 Å². The molecule has 3 aromatic rings. The van der Waals surface area contributed by atoms with Crippen LogP contribution < -0.4 is 4.74 Å². The molecule has 0 aliphatic carbocycles. The topological polar surface area (TPSA) is 59.8 Å². The Morgan fingerprint density at radius 1 is 1.06 bits per heavy atom. The molecule has 0 radical (unpaired) electrons. The first-order chi connectivity index (χ1) is 16.3. The molecular weight excluding hydrogens is 433 g/mol. The van der Waals surface area contributed by atoms with E-state index >= 15 is 0 Å². The molecule has 0 fully saturated rings. The third-order valence-electron chi connectivity index (χ3n) is 5.82. The van der Waals surface area contributed by atoms with Crippen LogP contribution in [0.2, 0.25) is 0 Å². The van der Waals surface area contributed by atoms with Crippen molar-refractivity contribution in [3.8, 4) is 17.3 Å². The highest BCUT2D eigenvalue weighted by Crippen LogP contribution is 2.33. The van der Waals surface area contributed by atoms with Gasteiger partial charge < -0.3 is 14.6 Å². The van der Waals surface area contributed by atoms with E-state index in [2.05, 4.69) is 18.7 Å². The molecule has 0 bridgehead atoms. The molecule has 0 aliphatic rings. The van der Waals surface area contributed by atoms with Crippen LogP contribution in [0.15, 0.2) is 54.6 Å². The Morgan fingerprint density at radius 2 is 1.74 bits per heavy atom. The Morgan fingerprint density at radius 3 is 2.38 bits per heavy atom. The molecule has 0 saturated carbocycles. The Balaban J connectivity index is 1.98. The molecule has 7 heteroatoms. The molecule has 1 N–H and O–H groups in total. The predicted molar refractivity (Wildman–Crippen MR) is 132 cm³/mol. The zero-order chi connectivity index (χ0) is 24.7. The molecule has 34 heavy (non-hydrogen) atoms. The molecule has 3 rings (SSSR count). The highest BCUT2D eigenvalue weighted by molar-refractivity contribution is 5.43. The van der Waals surface area contributed by atoms with E-state index in [4.69, 9.17) is 14.6 Å². The number of para-hydroxylation sites is 2. The molecular formula is C27H36FN3O3. The summed E-state index contributed by atoms with van der Waals surface area (Å²) in [5.41, 5.74) is 2.46. The number of aryl methyl sites for hydroxylation is 1. The van der Waals surface area contributed by atoms with Crippen LogP contribution in [0.5, 0.6) is 11.6 Å². The highest BCUT2D eigenvalue weighted by Gasteiger charge is 2.25. The van der Waals surface area contributed by atoms with Crippen LogP contribution in [0.4, 0.5) is 4.39 Å². The number of hydrogen-bond donors (Lipinski definition) is 1. The molecule has 6 nitrogen and oxygen atoms in total. The fraction of sp³-hybridized carbons (Fsp3) is 0.444. The van der Waals surface area contributed by atoms with Gasteiger partial charge in [0.2, 0.25) is 5.88 Å². The second-order valence-electron chi connectivity index (χ2n) is 8.87. The number of halogens is 1. The molecule has 2 unspecified atom stereocenters. The van der Waals surface area contributed by atoms with E-state index in [0.29, 0.717) is 19.0 Å². The molecule has 1 heterocycles. The van der Waals surface area contributed by atoms with Gasteiger partial charge in [-0.05, 0) is 58.4 Å². The molecule has 0 aliphatic heterocycles. The molecule has 1 aromatic heterocycles. The Hall–Kier alpha value is -2.74. The first kappa shape index (κ1) is 25.9. The first-order valence-corrected chi connectivity index (χ1v) is 11.9. The third-order valence-corrected chi connectivity index (χ3v) is 5.82. The SMILES string of the molecule is CCC(C)N(Cc1c(C)nn(-c2ccccc2)c1Oc1ccccc1F)CC(O)COC(C)C. The lowest BCUT2D eigenvalue weighted by molar-refractivity contribution is -0.0150. The van der Waals surface area contributed by atoms with Gasteiger partial charge in [-0.25, -0.2) is 9.07 Å². The number of benzene rings is 2. The number of rotatable bonds is 12. The van der Waals surface area contributed by atoms with Crippen LogP contribution in [0.3, 0.4) is 0 Å². The van der Waals surface area contributed by atoms with Crippen LogP contribution in [-0.4, -0.2) is 51.2 Å². The number of aliphatic hydroxyl groups is 1. The van der Waals surface area contributed by atoms with Crippen molar-refractivity contribution < 1.29 is 19.0 Å². The summed E-state index contributed by atoms with van der Waals surface area (Å²) in [6.07, 6.45) is 0.336. The fourth-order valence-electron chi connectivity index (χ4n) is 3.69. The quantitative estimate of drug-likeness (QED) is 0.380. The van der Waals surface area contributed by atoms with Crippen molar-refractivity contribution in [3.63, 3.8) is 0 Å². The number of aromatic nitrogens is 2. The average molecular weight is 470 g/mol. The number of hydrogen-bond acceptors (Lipinski definition) is 5. The van der Waals surface area contributed by atoms with Crippen molar-refractivity contribution in [3.05, 3.63) is 71.7 Å². The average Bonchev–Trinajstić information content (AvgIpc) is 3.13. The Labute approximate surface area is 201 Å². The molecule has 2 aromatic carbocycles. The maximum absolute atomic E-state index is 14.5. The van der Waals surface area contributed by atoms with Gasteiger partial charge in [-0.3, -0.25) is 4.90 Å². The summed E-state index contributed by atoms with van der Waals surface area (Å²) in [5, 5.41) is 15.4. The van der Waals surface area contributed by atoms with Gasteiger partial charge in [0.25, 0.3) is 0 Å². The van der Waals surface area contributed by atoms with Crippen LogP contribution >= 0.6 is 0 Å². The fourth-order valence-corrected chi connectivity index (χ4v) is 3.69. The van der Waals surface area contributed by atoms with Crippen LogP contribution in [-0.2, 0) is 11.3 Å². The monoisotopic (exact) mass is 469 g/mol. The summed E-state index contributed by atoms with van der Waals surface area (Å²) in [4.78, 5) is 2.20. The first-order valence-electron chi connectivity index (χ1n) is 11.9. The summed E-state index contributed by atoms with van der Waals surface area (Å²) in [5.74, 6) is 0.170. The second-order valence-corrected chi connectivity index (χ2v) is 8.87. The van der Waals surface area contributed by atoms with E-state index in [1.807, 2.05) is 51.1 Å². The minimum Gasteiger partial charge on any atom is -0.435 e. The lowest BCUT2D eigenvalue weighted by Gasteiger charge is -2.30. The smallest absolute Gasteiger partial charge is 0.227 e. The van der Waals surface area contributed by atoms with Crippen molar-refractivity contribution in [2.24, 2.45) is 0 Å². The van der Waals surface area contributed by atoms with E-state index in [9.17, 15) is 9.50 Å². The largest absolute Gasteiger partial charge is 0.435 e. The van der Waals surface area contributed by atoms with Crippen LogP contribution in [0.25, 0.3) is 5.69 Å². The minimum absolute atomic E-state index is 0.0545. The zero-order valence-corrected chi connectivity index (χ0v) is 20.7. The Kier molecular flexibility index (Phi) is 9.21. The van der Waals surface area contributed by atoms with Gasteiger partial charge in [0.05, 0.1) is 35.8 Å². The van der Waals surface area contributed by atoms with E-state index in [1.54, 1.807) is 22.9 Å². The standard InChI is InChI=1S/C27H36FN3O3/c1-6-20(4)30(16-23(32)18-33-19(2)3)17-24-21(5)29-31(22-12-8-7-9-13-22)27(24)34-26-15-11-10-14-25(26)28/h7-15,19-20,23,32H,6,16-18H2,1-5H3. The van der Waals surface area contributed by atoms with E-state index in [1.165, 1.54) is 6.07 Å². The second kappa shape index (κ2) is 12.1. The maximum atomic E-state index is 14.5. The maximum Gasteiger partial charge on any atom is 0.227 e. The van der Waals surface area contributed by atoms with Gasteiger partial charge in [0.15, 0.2) is 11.6 Å². The molecule has 2 atom stereocenters. The number of ether oxygens (including phenoxy) is 2. The van der Waals surface area contributed by atoms with Crippen molar-refractivity contribution in [1.82, 2.24) is 14.7 Å². The predicted octanol–water partition coefficient (Wildman–Crippen LogP) is 5.50. The van der Waals surface area contributed by atoms with E-state index < -0.39 is 11.9 Å². The van der Waals surface area contributed by atoms with Crippen LogP contribution in [0, 0.1) is 12.7 Å². The van der Waals surface area contributed by atoms with E-state index in [0.717, 1.165) is 23.4 Å². The summed E-state index contributed by atoms with van der Waals surface area (Å²) in [6, 6.07) is 16.2. The van der Waals surface area contributed by atoms with Crippen molar-refractivity contribution in [1.29, 1.82) is 0 Å². The zero-order valence-electron chi connectivity index (χ0n) is 20.7. The van der Waals surface area contributed by atoms with Crippen molar-refractivity contribution in [2.75, 3.05) is 13.2 Å². The number of nitrogens with zero attached hydrogens (tertiary/aromatic N) is 3. The molecule has 0 amide bonds. The lowest BCUT2D eigenvalue weighted by Crippen LogP contribution is -2.40. The van der Waals surface area contributed by atoms with Gasteiger partial charge in [0.1, 0.15) is 0 Å². The highest BCUT2D eigenvalue weighted by atomic mass is 19.1. The van der Waals surface area contributed by atoms with Crippen LogP contribution in [0.1, 0.15) is 45.4 Å². The summed E-state index contributed by atoms with van der Waals surface area (Å²) < 4.78 is 28.0. The normalized spacial score (nSPS) is 13.4. The minimum atomic E-state index is -0.628. The molecule has 0 saturated heterocycles. The van der Waals surface area contributed by atoms with Gasteiger partial charge >= 0.3 is 0 Å². The Bertz CT molecular complexity index is 1040. The molecule has 184 valence electrons. The summed E-state index contributed by atoms with van der Waals surface area (Å²) >= 11 is 0. The van der Waals surface area contributed by atoms with E-state index in [-0.39, 0.29) is 24.5 Å². The summed E-state index contributed by atoms with van der Waals surface area (Å²) in [7, 11) is 0. The molecule has 0 spiro atoms. The van der Waals surface area contributed by atoms with Crippen molar-refractivity contribution >= 4 is 0 Å². The number of aliphatic hydroxyl groups excluding tert-OH is 1. The van der Waals surface area contributed by atoms with Gasteiger partial charge in [-0.2, -0.15) is 5.10 Å².